The fourth-order valence-corrected chi connectivity index (χ4v) is 3.16. The third kappa shape index (κ3) is 4.50. The Balaban J connectivity index is 2.10. The van der Waals surface area contributed by atoms with E-state index in [-0.39, 0.29) is 24.3 Å². The molecule has 0 radical (unpaired) electrons. The van der Waals surface area contributed by atoms with Crippen LogP contribution in [0.4, 0.5) is 18.9 Å². The van der Waals surface area contributed by atoms with Crippen molar-refractivity contribution in [3.8, 4) is 0 Å². The number of aryl methyl sites for hydroxylation is 1. The van der Waals surface area contributed by atoms with Gasteiger partial charge in [0, 0.05) is 11.6 Å². The normalized spacial score (nSPS) is 22.3. The molecule has 1 aromatic carbocycles. The Morgan fingerprint density at radius 2 is 1.92 bits per heavy atom. The second-order valence-corrected chi connectivity index (χ2v) is 7.54. The molecule has 1 saturated heterocycles. The Kier molecular flexibility index (Phi) is 5.28. The summed E-state index contributed by atoms with van der Waals surface area (Å²) in [5, 5.41) is 5.23. The van der Waals surface area contributed by atoms with Gasteiger partial charge < -0.3 is 10.6 Å². The van der Waals surface area contributed by atoms with E-state index in [0.29, 0.717) is 12.1 Å². The molecule has 1 fully saturated rings. The lowest BCUT2D eigenvalue weighted by molar-refractivity contribution is -0.164. The van der Waals surface area contributed by atoms with Gasteiger partial charge in [-0.25, -0.2) is 0 Å². The summed E-state index contributed by atoms with van der Waals surface area (Å²) in [5.41, 5.74) is 2.80. The smallest absolute Gasteiger partial charge is 0.326 e. The summed E-state index contributed by atoms with van der Waals surface area (Å²) in [7, 11) is 0. The van der Waals surface area contributed by atoms with E-state index in [1.54, 1.807) is 6.07 Å². The van der Waals surface area contributed by atoms with E-state index in [2.05, 4.69) is 31.4 Å². The van der Waals surface area contributed by atoms with Gasteiger partial charge in [-0.15, -0.1) is 0 Å². The van der Waals surface area contributed by atoms with Crippen LogP contribution < -0.4 is 10.6 Å². The van der Waals surface area contributed by atoms with E-state index in [4.69, 9.17) is 0 Å². The van der Waals surface area contributed by atoms with Crippen LogP contribution in [0.2, 0.25) is 0 Å². The number of hydrogen-bond acceptors (Lipinski definition) is 2. The predicted molar refractivity (Wildman–Crippen MR) is 89.1 cm³/mol. The average Bonchev–Trinajstić information content (AvgIpc) is 2.47. The highest BCUT2D eigenvalue weighted by Gasteiger charge is 2.43. The van der Waals surface area contributed by atoms with Crippen LogP contribution in [0.15, 0.2) is 18.2 Å². The van der Waals surface area contributed by atoms with E-state index in [1.165, 1.54) is 0 Å². The zero-order valence-corrected chi connectivity index (χ0v) is 14.6. The van der Waals surface area contributed by atoms with Crippen LogP contribution in [0.3, 0.4) is 0 Å². The van der Waals surface area contributed by atoms with Crippen LogP contribution in [-0.4, -0.2) is 24.7 Å². The van der Waals surface area contributed by atoms with Crippen LogP contribution in [0.25, 0.3) is 0 Å². The number of carbonyl (C=O) groups excluding carboxylic acids is 1. The highest BCUT2D eigenvalue weighted by atomic mass is 19.4. The molecule has 1 amide bonds. The Hall–Kier alpha value is -1.56. The van der Waals surface area contributed by atoms with Crippen molar-refractivity contribution >= 4 is 11.6 Å². The van der Waals surface area contributed by atoms with E-state index in [0.717, 1.165) is 11.1 Å². The standard InChI is InChI=1S/C18H25F3N2O/c1-11-5-6-13(10-14(11)17(2,3)4)23-16(24)12-7-8-22-15(9-12)18(19,20)21/h5-6,10,12,15,22H,7-9H2,1-4H3,(H,23,24). The first-order chi connectivity index (χ1) is 11.0. The van der Waals surface area contributed by atoms with Crippen molar-refractivity contribution < 1.29 is 18.0 Å². The summed E-state index contributed by atoms with van der Waals surface area (Å²) in [4.78, 5) is 12.4. The Morgan fingerprint density at radius 1 is 1.25 bits per heavy atom. The van der Waals surface area contributed by atoms with Gasteiger partial charge in [0.15, 0.2) is 0 Å². The van der Waals surface area contributed by atoms with Gasteiger partial charge in [-0.1, -0.05) is 26.8 Å². The van der Waals surface area contributed by atoms with Crippen LogP contribution in [0, 0.1) is 12.8 Å². The predicted octanol–water partition coefficient (Wildman–Crippen LogP) is 4.16. The average molecular weight is 342 g/mol. The third-order valence-corrected chi connectivity index (χ3v) is 4.48. The van der Waals surface area contributed by atoms with Gasteiger partial charge in [0.2, 0.25) is 5.91 Å². The van der Waals surface area contributed by atoms with Crippen molar-refractivity contribution in [1.82, 2.24) is 5.32 Å². The van der Waals surface area contributed by atoms with Crippen molar-refractivity contribution in [3.63, 3.8) is 0 Å². The van der Waals surface area contributed by atoms with Gasteiger partial charge in [0.05, 0.1) is 0 Å². The lowest BCUT2D eigenvalue weighted by Gasteiger charge is -2.31. The molecule has 2 atom stereocenters. The molecular formula is C18H25F3N2O. The highest BCUT2D eigenvalue weighted by Crippen LogP contribution is 2.31. The number of nitrogens with one attached hydrogen (secondary N) is 2. The first kappa shape index (κ1) is 18.8. The van der Waals surface area contributed by atoms with E-state index in [9.17, 15) is 18.0 Å². The monoisotopic (exact) mass is 342 g/mol. The minimum absolute atomic E-state index is 0.0685. The van der Waals surface area contributed by atoms with Crippen LogP contribution in [-0.2, 0) is 10.2 Å². The molecule has 3 nitrogen and oxygen atoms in total. The summed E-state index contributed by atoms with van der Waals surface area (Å²) < 4.78 is 38.5. The molecule has 6 heteroatoms. The highest BCUT2D eigenvalue weighted by molar-refractivity contribution is 5.92. The zero-order valence-electron chi connectivity index (χ0n) is 14.6. The number of hydrogen-bond donors (Lipinski definition) is 2. The maximum atomic E-state index is 12.8. The molecule has 0 saturated carbocycles. The van der Waals surface area contributed by atoms with Gasteiger partial charge in [-0.05, 0) is 55.0 Å². The second kappa shape index (κ2) is 6.75. The molecule has 24 heavy (non-hydrogen) atoms. The molecule has 2 rings (SSSR count). The van der Waals surface area contributed by atoms with Gasteiger partial charge in [-0.3, -0.25) is 4.79 Å². The molecule has 1 aromatic rings. The third-order valence-electron chi connectivity index (χ3n) is 4.48. The molecular weight excluding hydrogens is 317 g/mol. The number of rotatable bonds is 2. The first-order valence-electron chi connectivity index (χ1n) is 8.20. The van der Waals surface area contributed by atoms with Crippen LogP contribution in [0.1, 0.15) is 44.7 Å². The number of benzene rings is 1. The summed E-state index contributed by atoms with van der Waals surface area (Å²) in [5.74, 6) is -0.966. The fourth-order valence-electron chi connectivity index (χ4n) is 3.16. The summed E-state index contributed by atoms with van der Waals surface area (Å²) in [6, 6.07) is 4.03. The molecule has 2 N–H and O–H groups in total. The van der Waals surface area contributed by atoms with E-state index in [1.807, 2.05) is 19.1 Å². The van der Waals surface area contributed by atoms with Gasteiger partial charge in [0.1, 0.15) is 6.04 Å². The van der Waals surface area contributed by atoms with Crippen LogP contribution >= 0.6 is 0 Å². The summed E-state index contributed by atoms with van der Waals surface area (Å²) >= 11 is 0. The SMILES string of the molecule is Cc1ccc(NC(=O)C2CCNC(C(F)(F)F)C2)cc1C(C)(C)C. The number of amides is 1. The Bertz CT molecular complexity index is 605. The van der Waals surface area contributed by atoms with Crippen molar-refractivity contribution in [2.24, 2.45) is 5.92 Å². The lowest BCUT2D eigenvalue weighted by atomic mass is 9.84. The number of halogens is 3. The van der Waals surface area contributed by atoms with Crippen molar-refractivity contribution in [2.75, 3.05) is 11.9 Å². The largest absolute Gasteiger partial charge is 0.403 e. The molecule has 1 aliphatic heterocycles. The van der Waals surface area contributed by atoms with Gasteiger partial charge in [0.25, 0.3) is 0 Å². The zero-order chi connectivity index (χ0) is 18.1. The van der Waals surface area contributed by atoms with Crippen molar-refractivity contribution in [2.45, 2.75) is 58.2 Å². The van der Waals surface area contributed by atoms with E-state index < -0.39 is 18.1 Å². The fraction of sp³-hybridized carbons (Fsp3) is 0.611. The van der Waals surface area contributed by atoms with Crippen molar-refractivity contribution in [1.29, 1.82) is 0 Å². The molecule has 1 heterocycles. The molecule has 134 valence electrons. The number of alkyl halides is 3. The first-order valence-corrected chi connectivity index (χ1v) is 8.20. The number of anilines is 1. The molecule has 0 aromatic heterocycles. The number of piperidine rings is 1. The molecule has 0 bridgehead atoms. The molecule has 0 aliphatic carbocycles. The second-order valence-electron chi connectivity index (χ2n) is 7.54. The molecule has 2 unspecified atom stereocenters. The number of carbonyl (C=O) groups is 1. The van der Waals surface area contributed by atoms with E-state index >= 15 is 0 Å². The maximum Gasteiger partial charge on any atom is 0.403 e. The summed E-state index contributed by atoms with van der Waals surface area (Å²) in [6.45, 7) is 8.46. The minimum atomic E-state index is -4.32. The minimum Gasteiger partial charge on any atom is -0.326 e. The maximum absolute atomic E-state index is 12.8. The van der Waals surface area contributed by atoms with Crippen LogP contribution in [0.5, 0.6) is 0 Å². The quantitative estimate of drug-likeness (QED) is 0.847. The van der Waals surface area contributed by atoms with Gasteiger partial charge in [-0.2, -0.15) is 13.2 Å². The topological polar surface area (TPSA) is 41.1 Å². The molecule has 0 spiro atoms. The van der Waals surface area contributed by atoms with Gasteiger partial charge >= 0.3 is 6.18 Å². The van der Waals surface area contributed by atoms with Crippen molar-refractivity contribution in [3.05, 3.63) is 29.3 Å². The lowest BCUT2D eigenvalue weighted by Crippen LogP contribution is -2.49. The Labute approximate surface area is 141 Å². The molecule has 1 aliphatic rings. The summed E-state index contributed by atoms with van der Waals surface area (Å²) in [6.07, 6.45) is -4.12. The Morgan fingerprint density at radius 3 is 2.50 bits per heavy atom.